The maximum atomic E-state index is 11.7. The molecule has 1 aromatic carbocycles. The summed E-state index contributed by atoms with van der Waals surface area (Å²) in [7, 11) is 0. The highest BCUT2D eigenvalue weighted by Crippen LogP contribution is 2.06. The van der Waals surface area contributed by atoms with Crippen LogP contribution >= 0.6 is 0 Å². The topological polar surface area (TPSA) is 52.9 Å². The molecule has 0 aliphatic carbocycles. The summed E-state index contributed by atoms with van der Waals surface area (Å²) in [4.78, 5) is 11.7. The lowest BCUT2D eigenvalue weighted by Crippen LogP contribution is -2.09. The number of nitrogens with one attached hydrogen (secondary N) is 1. The zero-order chi connectivity index (χ0) is 11.1. The lowest BCUT2D eigenvalue weighted by atomic mass is 10.1. The standard InChI is InChI=1S/C12H12N2O/c1-10(9-14-8-7-13)12(15)11-5-3-2-4-6-11/h2-6,9,14H,8H2,1H3/b10-9-. The van der Waals surface area contributed by atoms with Gasteiger partial charge in [0.25, 0.3) is 0 Å². The van der Waals surface area contributed by atoms with Crippen molar-refractivity contribution in [2.45, 2.75) is 6.92 Å². The monoisotopic (exact) mass is 200 g/mol. The largest absolute Gasteiger partial charge is 0.378 e. The summed E-state index contributed by atoms with van der Waals surface area (Å²) in [5, 5.41) is 11.0. The number of carbonyl (C=O) groups excluding carboxylic acids is 1. The molecule has 76 valence electrons. The number of rotatable bonds is 4. The Morgan fingerprint density at radius 2 is 2.13 bits per heavy atom. The van der Waals surface area contributed by atoms with Crippen LogP contribution in [0.1, 0.15) is 17.3 Å². The molecule has 1 aromatic rings. The normalized spacial score (nSPS) is 10.5. The number of hydrogen-bond acceptors (Lipinski definition) is 3. The first-order valence-electron chi connectivity index (χ1n) is 4.62. The first-order chi connectivity index (χ1) is 7.25. The Labute approximate surface area is 89.0 Å². The zero-order valence-corrected chi connectivity index (χ0v) is 8.53. The average molecular weight is 200 g/mol. The molecule has 1 rings (SSSR count). The molecule has 0 bridgehead atoms. The molecule has 0 aromatic heterocycles. The summed E-state index contributed by atoms with van der Waals surface area (Å²) >= 11 is 0. The second kappa shape index (κ2) is 5.61. The van der Waals surface area contributed by atoms with Crippen molar-refractivity contribution in [3.8, 4) is 6.07 Å². The number of benzene rings is 1. The zero-order valence-electron chi connectivity index (χ0n) is 8.53. The van der Waals surface area contributed by atoms with E-state index < -0.39 is 0 Å². The van der Waals surface area contributed by atoms with E-state index in [0.717, 1.165) is 0 Å². The van der Waals surface area contributed by atoms with Crippen LogP contribution in [0.15, 0.2) is 42.1 Å². The van der Waals surface area contributed by atoms with E-state index in [1.54, 1.807) is 25.3 Å². The van der Waals surface area contributed by atoms with Gasteiger partial charge < -0.3 is 5.32 Å². The predicted molar refractivity (Wildman–Crippen MR) is 58.1 cm³/mol. The summed E-state index contributed by atoms with van der Waals surface area (Å²) in [5.74, 6) is -0.0268. The first-order valence-corrected chi connectivity index (χ1v) is 4.62. The van der Waals surface area contributed by atoms with Crippen LogP contribution < -0.4 is 5.32 Å². The Kier molecular flexibility index (Phi) is 4.11. The van der Waals surface area contributed by atoms with Gasteiger partial charge in [0.05, 0.1) is 6.07 Å². The molecular weight excluding hydrogens is 188 g/mol. The minimum atomic E-state index is -0.0268. The number of carbonyl (C=O) groups is 1. The van der Waals surface area contributed by atoms with Gasteiger partial charge in [0, 0.05) is 17.3 Å². The Bertz CT molecular complexity index is 401. The van der Waals surface area contributed by atoms with E-state index in [0.29, 0.717) is 11.1 Å². The maximum absolute atomic E-state index is 11.7. The second-order valence-electron chi connectivity index (χ2n) is 3.06. The number of ketones is 1. The van der Waals surface area contributed by atoms with Gasteiger partial charge in [-0.25, -0.2) is 0 Å². The molecule has 3 heteroatoms. The van der Waals surface area contributed by atoms with Crippen LogP contribution in [0.25, 0.3) is 0 Å². The second-order valence-corrected chi connectivity index (χ2v) is 3.06. The molecular formula is C12H12N2O. The van der Waals surface area contributed by atoms with Crippen LogP contribution in [0.4, 0.5) is 0 Å². The molecule has 0 radical (unpaired) electrons. The van der Waals surface area contributed by atoms with Crippen LogP contribution in [0.2, 0.25) is 0 Å². The fourth-order valence-electron chi connectivity index (χ4n) is 1.13. The molecule has 0 saturated carbocycles. The van der Waals surface area contributed by atoms with Crippen LogP contribution in [0.3, 0.4) is 0 Å². The fraction of sp³-hybridized carbons (Fsp3) is 0.167. The van der Waals surface area contributed by atoms with Gasteiger partial charge >= 0.3 is 0 Å². The van der Waals surface area contributed by atoms with E-state index in [1.165, 1.54) is 0 Å². The van der Waals surface area contributed by atoms with Gasteiger partial charge in [0.2, 0.25) is 0 Å². The molecule has 0 atom stereocenters. The van der Waals surface area contributed by atoms with E-state index in [-0.39, 0.29) is 12.3 Å². The van der Waals surface area contributed by atoms with Crippen molar-refractivity contribution in [2.75, 3.05) is 6.54 Å². The van der Waals surface area contributed by atoms with E-state index in [2.05, 4.69) is 5.32 Å². The van der Waals surface area contributed by atoms with Crippen LogP contribution in [0, 0.1) is 11.3 Å². The minimum absolute atomic E-state index is 0.0268. The van der Waals surface area contributed by atoms with E-state index >= 15 is 0 Å². The SMILES string of the molecule is C/C(=C/NCC#N)C(=O)c1ccccc1. The van der Waals surface area contributed by atoms with E-state index in [9.17, 15) is 4.79 Å². The van der Waals surface area contributed by atoms with Crippen molar-refractivity contribution < 1.29 is 4.79 Å². The third-order valence-corrected chi connectivity index (χ3v) is 1.89. The molecule has 0 saturated heterocycles. The summed E-state index contributed by atoms with van der Waals surface area (Å²) in [6.07, 6.45) is 1.57. The minimum Gasteiger partial charge on any atom is -0.378 e. The highest BCUT2D eigenvalue weighted by molar-refractivity contribution is 6.08. The lowest BCUT2D eigenvalue weighted by Gasteiger charge is -2.00. The fourth-order valence-corrected chi connectivity index (χ4v) is 1.13. The maximum Gasteiger partial charge on any atom is 0.190 e. The molecule has 0 aliphatic heterocycles. The summed E-state index contributed by atoms with van der Waals surface area (Å²) in [6.45, 7) is 1.93. The van der Waals surface area contributed by atoms with E-state index in [4.69, 9.17) is 5.26 Å². The van der Waals surface area contributed by atoms with Gasteiger partial charge in [-0.2, -0.15) is 5.26 Å². The number of nitriles is 1. The first kappa shape index (κ1) is 11.0. The highest BCUT2D eigenvalue weighted by atomic mass is 16.1. The predicted octanol–water partition coefficient (Wildman–Crippen LogP) is 1.89. The van der Waals surface area contributed by atoms with Crippen molar-refractivity contribution in [1.29, 1.82) is 5.26 Å². The van der Waals surface area contributed by atoms with Gasteiger partial charge in [-0.15, -0.1) is 0 Å². The summed E-state index contributed by atoms with van der Waals surface area (Å²) < 4.78 is 0. The highest BCUT2D eigenvalue weighted by Gasteiger charge is 2.06. The molecule has 0 heterocycles. The number of allylic oxidation sites excluding steroid dienone is 1. The van der Waals surface area contributed by atoms with Gasteiger partial charge in [-0.05, 0) is 6.92 Å². The molecule has 0 aliphatic rings. The Hall–Kier alpha value is -2.08. The molecule has 0 fully saturated rings. The molecule has 15 heavy (non-hydrogen) atoms. The number of hydrogen-bond donors (Lipinski definition) is 1. The molecule has 3 nitrogen and oxygen atoms in total. The van der Waals surface area contributed by atoms with Gasteiger partial charge in [-0.3, -0.25) is 4.79 Å². The van der Waals surface area contributed by atoms with Gasteiger partial charge in [0.15, 0.2) is 5.78 Å². The van der Waals surface area contributed by atoms with Gasteiger partial charge in [0.1, 0.15) is 6.54 Å². The number of nitrogens with zero attached hydrogens (tertiary/aromatic N) is 1. The van der Waals surface area contributed by atoms with E-state index in [1.807, 2.05) is 24.3 Å². The average Bonchev–Trinajstić information content (AvgIpc) is 2.29. The third-order valence-electron chi connectivity index (χ3n) is 1.89. The molecule has 0 amide bonds. The van der Waals surface area contributed by atoms with Crippen LogP contribution in [-0.2, 0) is 0 Å². The van der Waals surface area contributed by atoms with Crippen molar-refractivity contribution >= 4 is 5.78 Å². The molecule has 0 spiro atoms. The van der Waals surface area contributed by atoms with Crippen LogP contribution in [-0.4, -0.2) is 12.3 Å². The Balaban J connectivity index is 2.70. The number of Topliss-reactive ketones (excluding diaryl/α,β-unsaturated/α-hetero) is 1. The Morgan fingerprint density at radius 1 is 1.47 bits per heavy atom. The smallest absolute Gasteiger partial charge is 0.190 e. The summed E-state index contributed by atoms with van der Waals surface area (Å²) in [6, 6.07) is 11.0. The van der Waals surface area contributed by atoms with Crippen molar-refractivity contribution in [3.05, 3.63) is 47.7 Å². The van der Waals surface area contributed by atoms with Crippen molar-refractivity contribution in [1.82, 2.24) is 5.32 Å². The lowest BCUT2D eigenvalue weighted by molar-refractivity contribution is 0.103. The Morgan fingerprint density at radius 3 is 2.73 bits per heavy atom. The third kappa shape index (κ3) is 3.28. The van der Waals surface area contributed by atoms with Crippen LogP contribution in [0.5, 0.6) is 0 Å². The quantitative estimate of drug-likeness (QED) is 0.349. The van der Waals surface area contributed by atoms with Crippen molar-refractivity contribution in [3.63, 3.8) is 0 Å². The molecule has 0 unspecified atom stereocenters. The van der Waals surface area contributed by atoms with Crippen molar-refractivity contribution in [2.24, 2.45) is 0 Å². The van der Waals surface area contributed by atoms with Gasteiger partial charge in [-0.1, -0.05) is 30.3 Å². The summed E-state index contributed by atoms with van der Waals surface area (Å²) in [5.41, 5.74) is 1.25. The molecule has 1 N–H and O–H groups in total.